The van der Waals surface area contributed by atoms with Crippen molar-refractivity contribution < 1.29 is 14.6 Å². The molecule has 0 atom stereocenters. The van der Waals surface area contributed by atoms with E-state index >= 15 is 0 Å². The van der Waals surface area contributed by atoms with Crippen LogP contribution in [0.3, 0.4) is 0 Å². The average molecular weight is 332 g/mol. The first-order chi connectivity index (χ1) is 11.5. The maximum atomic E-state index is 11.4. The van der Waals surface area contributed by atoms with Gasteiger partial charge in [-0.2, -0.15) is 0 Å². The summed E-state index contributed by atoms with van der Waals surface area (Å²) in [6.45, 7) is 4.51. The highest BCUT2D eigenvalue weighted by Gasteiger charge is 2.38. The molecule has 0 amide bonds. The van der Waals surface area contributed by atoms with Gasteiger partial charge in [0.1, 0.15) is 5.75 Å². The van der Waals surface area contributed by atoms with Crippen molar-refractivity contribution in [2.75, 3.05) is 7.11 Å². The Labute approximate surface area is 146 Å². The van der Waals surface area contributed by atoms with E-state index in [1.807, 2.05) is 0 Å². The van der Waals surface area contributed by atoms with E-state index in [0.717, 1.165) is 43.8 Å². The number of aliphatic carboxylic acids is 1. The predicted molar refractivity (Wildman–Crippen MR) is 97.8 cm³/mol. The molecule has 0 radical (unpaired) electrons. The standard InChI is InChI=1S/C21H32O3/c1-4-16(5-2)8-9-17-12-18(14-19(13-17)24-3)21(15-20(22)23)10-6-7-11-21/h12-14,16H,4-11,15H2,1-3H3,(H,22,23). The number of rotatable bonds is 9. The van der Waals surface area contributed by atoms with Gasteiger partial charge in [0, 0.05) is 5.41 Å². The van der Waals surface area contributed by atoms with E-state index in [0.29, 0.717) is 0 Å². The van der Waals surface area contributed by atoms with E-state index in [9.17, 15) is 9.90 Å². The second-order valence-electron chi connectivity index (χ2n) is 7.35. The molecule has 24 heavy (non-hydrogen) atoms. The third kappa shape index (κ3) is 4.52. The molecule has 1 aromatic carbocycles. The van der Waals surface area contributed by atoms with Crippen LogP contribution >= 0.6 is 0 Å². The van der Waals surface area contributed by atoms with Crippen LogP contribution in [0.1, 0.15) is 76.3 Å². The number of carboxylic acids is 1. The number of benzene rings is 1. The quantitative estimate of drug-likeness (QED) is 0.663. The summed E-state index contributed by atoms with van der Waals surface area (Å²) < 4.78 is 5.52. The number of carbonyl (C=O) groups is 1. The Kier molecular flexibility index (Phi) is 6.70. The van der Waals surface area contributed by atoms with Crippen molar-refractivity contribution in [1.82, 2.24) is 0 Å². The first-order valence-electron chi connectivity index (χ1n) is 9.43. The summed E-state index contributed by atoms with van der Waals surface area (Å²) in [7, 11) is 1.70. The third-order valence-electron chi connectivity index (χ3n) is 5.86. The molecule has 1 saturated carbocycles. The van der Waals surface area contributed by atoms with Crippen LogP contribution in [0.4, 0.5) is 0 Å². The zero-order valence-electron chi connectivity index (χ0n) is 15.4. The van der Waals surface area contributed by atoms with Gasteiger partial charge in [0.15, 0.2) is 0 Å². The minimum Gasteiger partial charge on any atom is -0.497 e. The number of hydrogen-bond acceptors (Lipinski definition) is 2. The number of hydrogen-bond donors (Lipinski definition) is 1. The van der Waals surface area contributed by atoms with E-state index in [2.05, 4.69) is 32.0 Å². The fourth-order valence-electron chi connectivity index (χ4n) is 4.21. The molecule has 1 aliphatic rings. The van der Waals surface area contributed by atoms with Crippen LogP contribution in [-0.2, 0) is 16.6 Å². The number of ether oxygens (including phenoxy) is 1. The largest absolute Gasteiger partial charge is 0.497 e. The molecule has 0 aliphatic heterocycles. The molecule has 2 rings (SSSR count). The number of methoxy groups -OCH3 is 1. The van der Waals surface area contributed by atoms with Crippen LogP contribution in [0.2, 0.25) is 0 Å². The minimum atomic E-state index is -0.696. The second-order valence-corrected chi connectivity index (χ2v) is 7.35. The second kappa shape index (κ2) is 8.55. The molecular weight excluding hydrogens is 300 g/mol. The van der Waals surface area contributed by atoms with Gasteiger partial charge in [-0.15, -0.1) is 0 Å². The van der Waals surface area contributed by atoms with Crippen molar-refractivity contribution in [1.29, 1.82) is 0 Å². The average Bonchev–Trinajstić information content (AvgIpc) is 3.04. The highest BCUT2D eigenvalue weighted by Crippen LogP contribution is 2.45. The molecule has 0 heterocycles. The summed E-state index contributed by atoms with van der Waals surface area (Å²) in [4.78, 5) is 11.4. The summed E-state index contributed by atoms with van der Waals surface area (Å²) in [5.41, 5.74) is 2.25. The van der Waals surface area contributed by atoms with E-state index in [1.54, 1.807) is 7.11 Å². The van der Waals surface area contributed by atoms with Crippen LogP contribution in [0.25, 0.3) is 0 Å². The predicted octanol–water partition coefficient (Wildman–Crippen LogP) is 5.35. The van der Waals surface area contributed by atoms with E-state index in [-0.39, 0.29) is 11.8 Å². The summed E-state index contributed by atoms with van der Waals surface area (Å²) >= 11 is 0. The van der Waals surface area contributed by atoms with Crippen molar-refractivity contribution in [3.8, 4) is 5.75 Å². The maximum absolute atomic E-state index is 11.4. The number of carboxylic acid groups (broad SMARTS) is 1. The molecule has 0 bridgehead atoms. The molecule has 1 fully saturated rings. The van der Waals surface area contributed by atoms with Crippen molar-refractivity contribution in [2.24, 2.45) is 5.92 Å². The Morgan fingerprint density at radius 2 is 1.88 bits per heavy atom. The molecular formula is C21H32O3. The molecule has 3 heteroatoms. The first kappa shape index (κ1) is 18.8. The molecule has 3 nitrogen and oxygen atoms in total. The van der Waals surface area contributed by atoms with Crippen LogP contribution in [-0.4, -0.2) is 18.2 Å². The number of aryl methyl sites for hydroxylation is 1. The Balaban J connectivity index is 2.28. The zero-order chi connectivity index (χ0) is 17.6. The van der Waals surface area contributed by atoms with Crippen LogP contribution in [0.15, 0.2) is 18.2 Å². The lowest BCUT2D eigenvalue weighted by Crippen LogP contribution is -2.26. The third-order valence-corrected chi connectivity index (χ3v) is 5.86. The molecule has 1 aliphatic carbocycles. The van der Waals surface area contributed by atoms with Crippen LogP contribution in [0.5, 0.6) is 5.75 Å². The van der Waals surface area contributed by atoms with Gasteiger partial charge >= 0.3 is 5.97 Å². The van der Waals surface area contributed by atoms with Gasteiger partial charge in [-0.1, -0.05) is 45.6 Å². The smallest absolute Gasteiger partial charge is 0.304 e. The van der Waals surface area contributed by atoms with Gasteiger partial charge < -0.3 is 9.84 Å². The Morgan fingerprint density at radius 1 is 1.21 bits per heavy atom. The summed E-state index contributed by atoms with van der Waals surface area (Å²) in [6, 6.07) is 6.43. The van der Waals surface area contributed by atoms with Crippen molar-refractivity contribution in [3.05, 3.63) is 29.3 Å². The maximum Gasteiger partial charge on any atom is 0.304 e. The lowest BCUT2D eigenvalue weighted by molar-refractivity contribution is -0.138. The van der Waals surface area contributed by atoms with Gasteiger partial charge in [-0.05, 0) is 54.9 Å². The van der Waals surface area contributed by atoms with Gasteiger partial charge in [0.05, 0.1) is 13.5 Å². The summed E-state index contributed by atoms with van der Waals surface area (Å²) in [5, 5.41) is 9.40. The first-order valence-corrected chi connectivity index (χ1v) is 9.43. The molecule has 0 unspecified atom stereocenters. The lowest BCUT2D eigenvalue weighted by atomic mass is 9.75. The molecule has 0 saturated heterocycles. The van der Waals surface area contributed by atoms with Crippen LogP contribution < -0.4 is 4.74 Å². The van der Waals surface area contributed by atoms with E-state index in [4.69, 9.17) is 4.74 Å². The Hall–Kier alpha value is -1.51. The van der Waals surface area contributed by atoms with Crippen molar-refractivity contribution >= 4 is 5.97 Å². The molecule has 0 aromatic heterocycles. The van der Waals surface area contributed by atoms with Gasteiger partial charge in [-0.25, -0.2) is 0 Å². The SMILES string of the molecule is CCC(CC)CCc1cc(OC)cc(C2(CC(=O)O)CCCC2)c1. The molecule has 1 aromatic rings. The highest BCUT2D eigenvalue weighted by atomic mass is 16.5. The Morgan fingerprint density at radius 3 is 2.42 bits per heavy atom. The van der Waals surface area contributed by atoms with Gasteiger partial charge in [-0.3, -0.25) is 4.79 Å². The summed E-state index contributed by atoms with van der Waals surface area (Å²) in [6.07, 6.45) is 9.07. The molecule has 134 valence electrons. The molecule has 0 spiro atoms. The highest BCUT2D eigenvalue weighted by molar-refractivity contribution is 5.69. The summed E-state index contributed by atoms with van der Waals surface area (Å²) in [5.74, 6) is 0.932. The monoisotopic (exact) mass is 332 g/mol. The molecule has 1 N–H and O–H groups in total. The lowest BCUT2D eigenvalue weighted by Gasteiger charge is -2.29. The van der Waals surface area contributed by atoms with Crippen LogP contribution in [0, 0.1) is 5.92 Å². The van der Waals surface area contributed by atoms with Crippen molar-refractivity contribution in [3.63, 3.8) is 0 Å². The van der Waals surface area contributed by atoms with Gasteiger partial charge in [0.2, 0.25) is 0 Å². The minimum absolute atomic E-state index is 0.204. The Bertz CT molecular complexity index is 540. The fraction of sp³-hybridized carbons (Fsp3) is 0.667. The topological polar surface area (TPSA) is 46.5 Å². The zero-order valence-corrected chi connectivity index (χ0v) is 15.4. The normalized spacial score (nSPS) is 16.5. The van der Waals surface area contributed by atoms with E-state index < -0.39 is 5.97 Å². The van der Waals surface area contributed by atoms with Gasteiger partial charge in [0.25, 0.3) is 0 Å². The fourth-order valence-corrected chi connectivity index (χ4v) is 4.21. The van der Waals surface area contributed by atoms with E-state index in [1.165, 1.54) is 30.4 Å². The van der Waals surface area contributed by atoms with Crippen molar-refractivity contribution in [2.45, 2.75) is 77.0 Å².